The summed E-state index contributed by atoms with van der Waals surface area (Å²) in [4.78, 5) is 11.6. The fourth-order valence-electron chi connectivity index (χ4n) is 2.90. The summed E-state index contributed by atoms with van der Waals surface area (Å²) in [5.74, 6) is -0.677. The Kier molecular flexibility index (Phi) is 4.62. The van der Waals surface area contributed by atoms with Gasteiger partial charge < -0.3 is 15.0 Å². The van der Waals surface area contributed by atoms with Gasteiger partial charge in [-0.3, -0.25) is 4.79 Å². The minimum absolute atomic E-state index is 0.233. The molecule has 1 unspecified atom stereocenters. The molecule has 0 bridgehead atoms. The zero-order valence-electron chi connectivity index (χ0n) is 13.4. The van der Waals surface area contributed by atoms with E-state index in [2.05, 4.69) is 0 Å². The summed E-state index contributed by atoms with van der Waals surface area (Å²) in [5.41, 5.74) is 8.43. The van der Waals surface area contributed by atoms with Crippen LogP contribution in [0.1, 0.15) is 11.1 Å². The van der Waals surface area contributed by atoms with Crippen LogP contribution in [0.4, 0.5) is 4.39 Å². The van der Waals surface area contributed by atoms with Gasteiger partial charge in [-0.25, -0.2) is 4.39 Å². The first-order valence-corrected chi connectivity index (χ1v) is 7.73. The molecule has 24 heavy (non-hydrogen) atoms. The van der Waals surface area contributed by atoms with E-state index in [0.29, 0.717) is 18.5 Å². The molecule has 0 aliphatic heterocycles. The van der Waals surface area contributed by atoms with Crippen molar-refractivity contribution in [1.29, 1.82) is 0 Å². The van der Waals surface area contributed by atoms with Crippen molar-refractivity contribution < 1.29 is 13.9 Å². The number of fused-ring (bicyclic) bond motifs is 1. The van der Waals surface area contributed by atoms with Gasteiger partial charge in [0.2, 0.25) is 0 Å². The van der Waals surface area contributed by atoms with Crippen LogP contribution < -0.4 is 5.73 Å². The fraction of sp³-hybridized carbons (Fsp3) is 0.211. The predicted molar refractivity (Wildman–Crippen MR) is 91.1 cm³/mol. The third-order valence-corrected chi connectivity index (χ3v) is 4.11. The molecule has 0 radical (unpaired) electrons. The first-order valence-electron chi connectivity index (χ1n) is 7.73. The largest absolute Gasteiger partial charge is 0.468 e. The molecule has 0 aliphatic rings. The van der Waals surface area contributed by atoms with Gasteiger partial charge in [-0.15, -0.1) is 0 Å². The van der Waals surface area contributed by atoms with Crippen LogP contribution in [-0.4, -0.2) is 23.7 Å². The van der Waals surface area contributed by atoms with Crippen molar-refractivity contribution in [3.63, 3.8) is 0 Å². The van der Waals surface area contributed by atoms with Crippen LogP contribution in [0.3, 0.4) is 0 Å². The molecular formula is C19H19FN2O2. The Labute approximate surface area is 139 Å². The van der Waals surface area contributed by atoms with Gasteiger partial charge in [0.15, 0.2) is 0 Å². The minimum atomic E-state index is -0.720. The molecule has 2 N–H and O–H groups in total. The van der Waals surface area contributed by atoms with E-state index in [1.165, 1.54) is 13.2 Å². The summed E-state index contributed by atoms with van der Waals surface area (Å²) in [6.07, 6.45) is 2.30. The van der Waals surface area contributed by atoms with Crippen molar-refractivity contribution >= 4 is 16.9 Å². The molecule has 0 saturated heterocycles. The first kappa shape index (κ1) is 16.2. The van der Waals surface area contributed by atoms with E-state index in [4.69, 9.17) is 10.5 Å². The zero-order valence-corrected chi connectivity index (χ0v) is 13.4. The topological polar surface area (TPSA) is 57.2 Å². The molecule has 3 aromatic rings. The average molecular weight is 326 g/mol. The van der Waals surface area contributed by atoms with Crippen LogP contribution in [-0.2, 0) is 22.5 Å². The highest BCUT2D eigenvalue weighted by Gasteiger charge is 2.18. The maximum absolute atomic E-state index is 13.9. The Morgan fingerprint density at radius 3 is 2.62 bits per heavy atom. The van der Waals surface area contributed by atoms with E-state index in [0.717, 1.165) is 16.5 Å². The minimum Gasteiger partial charge on any atom is -0.468 e. The van der Waals surface area contributed by atoms with Gasteiger partial charge >= 0.3 is 5.97 Å². The second-order valence-corrected chi connectivity index (χ2v) is 5.72. The van der Waals surface area contributed by atoms with Crippen LogP contribution >= 0.6 is 0 Å². The number of hydrogen-bond donors (Lipinski definition) is 1. The Bertz CT molecular complexity index is 873. The number of rotatable bonds is 5. The molecule has 0 spiro atoms. The highest BCUT2D eigenvalue weighted by molar-refractivity contribution is 5.85. The Balaban J connectivity index is 1.97. The fourth-order valence-corrected chi connectivity index (χ4v) is 2.90. The third-order valence-electron chi connectivity index (χ3n) is 4.11. The number of nitrogens with two attached hydrogens (primary N) is 1. The zero-order chi connectivity index (χ0) is 17.1. The van der Waals surface area contributed by atoms with Gasteiger partial charge in [0, 0.05) is 29.1 Å². The Morgan fingerprint density at radius 2 is 1.88 bits per heavy atom. The van der Waals surface area contributed by atoms with Crippen molar-refractivity contribution in [2.45, 2.75) is 19.0 Å². The van der Waals surface area contributed by atoms with Crippen LogP contribution in [0.25, 0.3) is 10.9 Å². The predicted octanol–water partition coefficient (Wildman–Crippen LogP) is 2.87. The number of methoxy groups -OCH3 is 1. The van der Waals surface area contributed by atoms with E-state index in [9.17, 15) is 9.18 Å². The lowest BCUT2D eigenvalue weighted by Crippen LogP contribution is -2.33. The SMILES string of the molecule is COC(=O)C(N)Cc1cn(Cc2ccccc2F)c2ccccc12. The molecule has 2 aromatic carbocycles. The summed E-state index contributed by atoms with van der Waals surface area (Å²) in [7, 11) is 1.32. The van der Waals surface area contributed by atoms with Crippen molar-refractivity contribution in [2.24, 2.45) is 5.73 Å². The van der Waals surface area contributed by atoms with Crippen LogP contribution in [0.2, 0.25) is 0 Å². The number of ether oxygens (including phenoxy) is 1. The van der Waals surface area contributed by atoms with E-state index < -0.39 is 12.0 Å². The summed E-state index contributed by atoms with van der Waals surface area (Å²) in [5, 5.41) is 1.01. The standard InChI is InChI=1S/C19H19FN2O2/c1-24-19(23)17(21)10-14-12-22(18-9-5-3-7-15(14)18)11-13-6-2-4-8-16(13)20/h2-9,12,17H,10-11,21H2,1H3. The molecule has 0 saturated carbocycles. The molecule has 1 heterocycles. The number of nitrogens with zero attached hydrogens (tertiary/aromatic N) is 1. The highest BCUT2D eigenvalue weighted by atomic mass is 19.1. The lowest BCUT2D eigenvalue weighted by molar-refractivity contribution is -0.142. The second kappa shape index (κ2) is 6.84. The van der Waals surface area contributed by atoms with Gasteiger partial charge in [-0.1, -0.05) is 36.4 Å². The lowest BCUT2D eigenvalue weighted by Gasteiger charge is -2.08. The molecule has 5 heteroatoms. The summed E-state index contributed by atoms with van der Waals surface area (Å²) in [6.45, 7) is 0.417. The molecule has 0 amide bonds. The number of carbonyl (C=O) groups excluding carboxylic acids is 1. The first-order chi connectivity index (χ1) is 11.6. The van der Waals surface area contributed by atoms with Gasteiger partial charge in [-0.05, 0) is 17.7 Å². The number of esters is 1. The normalized spacial score (nSPS) is 12.3. The van der Waals surface area contributed by atoms with E-state index in [1.807, 2.05) is 41.1 Å². The quantitative estimate of drug-likeness (QED) is 0.734. The van der Waals surface area contributed by atoms with Crippen molar-refractivity contribution in [1.82, 2.24) is 4.57 Å². The molecule has 0 fully saturated rings. The maximum Gasteiger partial charge on any atom is 0.322 e. The van der Waals surface area contributed by atoms with Gasteiger partial charge in [0.05, 0.1) is 13.7 Å². The number of benzene rings is 2. The third kappa shape index (κ3) is 3.16. The van der Waals surface area contributed by atoms with Crippen molar-refractivity contribution in [3.05, 3.63) is 71.7 Å². The highest BCUT2D eigenvalue weighted by Crippen LogP contribution is 2.24. The summed E-state index contributed by atoms with van der Waals surface area (Å²) in [6, 6.07) is 13.8. The number of hydrogen-bond acceptors (Lipinski definition) is 3. The Hall–Kier alpha value is -2.66. The molecule has 1 atom stereocenters. The van der Waals surface area contributed by atoms with Crippen molar-refractivity contribution in [3.8, 4) is 0 Å². The van der Waals surface area contributed by atoms with E-state index in [-0.39, 0.29) is 5.82 Å². The number of aromatic nitrogens is 1. The van der Waals surface area contributed by atoms with Crippen LogP contribution in [0, 0.1) is 5.82 Å². The van der Waals surface area contributed by atoms with Crippen molar-refractivity contribution in [2.75, 3.05) is 7.11 Å². The van der Waals surface area contributed by atoms with Gasteiger partial charge in [0.25, 0.3) is 0 Å². The van der Waals surface area contributed by atoms with Gasteiger partial charge in [0.1, 0.15) is 11.9 Å². The number of para-hydroxylation sites is 1. The van der Waals surface area contributed by atoms with Crippen LogP contribution in [0.15, 0.2) is 54.7 Å². The molecule has 3 rings (SSSR count). The molecule has 4 nitrogen and oxygen atoms in total. The number of carbonyl (C=O) groups is 1. The summed E-state index contributed by atoms with van der Waals surface area (Å²) < 4.78 is 20.6. The lowest BCUT2D eigenvalue weighted by atomic mass is 10.1. The molecule has 1 aromatic heterocycles. The smallest absolute Gasteiger partial charge is 0.322 e. The van der Waals surface area contributed by atoms with Gasteiger partial charge in [-0.2, -0.15) is 0 Å². The van der Waals surface area contributed by atoms with E-state index in [1.54, 1.807) is 12.1 Å². The average Bonchev–Trinajstić information content (AvgIpc) is 2.94. The molecular weight excluding hydrogens is 307 g/mol. The monoisotopic (exact) mass is 326 g/mol. The summed E-state index contributed by atoms with van der Waals surface area (Å²) >= 11 is 0. The molecule has 124 valence electrons. The second-order valence-electron chi connectivity index (χ2n) is 5.72. The van der Waals surface area contributed by atoms with Crippen LogP contribution in [0.5, 0.6) is 0 Å². The Morgan fingerprint density at radius 1 is 1.17 bits per heavy atom. The maximum atomic E-state index is 13.9. The number of halogens is 1. The van der Waals surface area contributed by atoms with E-state index >= 15 is 0 Å². The molecule has 0 aliphatic carbocycles.